The Morgan fingerprint density at radius 1 is 0.588 bits per heavy atom. The molecule has 0 aliphatic rings. The monoisotopic (exact) mass is 236 g/mol. The van der Waals surface area contributed by atoms with Crippen LogP contribution in [0.1, 0.15) is 0 Å². The van der Waals surface area contributed by atoms with Crippen molar-refractivity contribution in [1.29, 1.82) is 0 Å². The minimum atomic E-state index is 1.27. The molecule has 0 unspecified atom stereocenters. The van der Waals surface area contributed by atoms with Gasteiger partial charge in [0, 0.05) is 0 Å². The molecule has 0 fully saturated rings. The first-order valence-corrected chi connectivity index (χ1v) is 6.56. The molecule has 0 saturated carbocycles. The van der Waals surface area contributed by atoms with E-state index in [1.165, 1.54) is 22.3 Å². The minimum Gasteiger partial charge on any atom is -0.152 e. The molecular weight excluding hydrogens is 224 g/mol. The van der Waals surface area contributed by atoms with Crippen LogP contribution in [0.4, 0.5) is 0 Å². The Balaban J connectivity index is 2.18. The summed E-state index contributed by atoms with van der Waals surface area (Å²) in [5.74, 6) is 0. The Morgan fingerprint density at radius 3 is 1.88 bits per heavy atom. The highest BCUT2D eigenvalue weighted by molar-refractivity contribution is 7.08. The van der Waals surface area contributed by atoms with Crippen LogP contribution in [0, 0.1) is 0 Å². The molecule has 0 N–H and O–H groups in total. The molecule has 17 heavy (non-hydrogen) atoms. The maximum atomic E-state index is 2.20. The van der Waals surface area contributed by atoms with E-state index >= 15 is 0 Å². The number of benzene rings is 2. The molecule has 0 aliphatic carbocycles. The molecule has 2 aromatic carbocycles. The summed E-state index contributed by atoms with van der Waals surface area (Å²) < 4.78 is 0. The van der Waals surface area contributed by atoms with Crippen LogP contribution in [-0.4, -0.2) is 0 Å². The molecule has 1 heteroatoms. The third-order valence-corrected chi connectivity index (χ3v) is 3.53. The lowest BCUT2D eigenvalue weighted by atomic mass is 9.96. The van der Waals surface area contributed by atoms with Gasteiger partial charge in [0.05, 0.1) is 0 Å². The maximum Gasteiger partial charge on any atom is -0.00145 e. The molecule has 82 valence electrons. The molecule has 1 heterocycles. The summed E-state index contributed by atoms with van der Waals surface area (Å²) in [5, 5.41) is 4.32. The van der Waals surface area contributed by atoms with Gasteiger partial charge in [0.25, 0.3) is 0 Å². The van der Waals surface area contributed by atoms with Crippen LogP contribution in [0.5, 0.6) is 0 Å². The lowest BCUT2D eigenvalue weighted by molar-refractivity contribution is 1.61. The molecular formula is C16H12S. The molecule has 0 bridgehead atoms. The molecule has 0 nitrogen and oxygen atoms in total. The van der Waals surface area contributed by atoms with Crippen molar-refractivity contribution in [1.82, 2.24) is 0 Å². The van der Waals surface area contributed by atoms with Crippen LogP contribution >= 0.6 is 11.3 Å². The van der Waals surface area contributed by atoms with Crippen LogP contribution < -0.4 is 0 Å². The highest BCUT2D eigenvalue weighted by Gasteiger charge is 2.05. The standard InChI is InChI=1S/C16H12S/c1-2-6-13(7-3-1)15-8-4-5-9-16(15)14-10-11-17-12-14/h1-12H. The lowest BCUT2D eigenvalue weighted by Crippen LogP contribution is -1.82. The fourth-order valence-electron chi connectivity index (χ4n) is 2.02. The fraction of sp³-hybridized carbons (Fsp3) is 0. The van der Waals surface area contributed by atoms with Crippen LogP contribution in [0.25, 0.3) is 22.3 Å². The molecule has 0 atom stereocenters. The van der Waals surface area contributed by atoms with Gasteiger partial charge in [-0.1, -0.05) is 54.6 Å². The zero-order chi connectivity index (χ0) is 11.5. The summed E-state index contributed by atoms with van der Waals surface area (Å²) in [6, 6.07) is 21.3. The molecule has 0 amide bonds. The number of hydrogen-bond acceptors (Lipinski definition) is 1. The number of hydrogen-bond donors (Lipinski definition) is 0. The van der Waals surface area contributed by atoms with E-state index in [0.717, 1.165) is 0 Å². The van der Waals surface area contributed by atoms with Gasteiger partial charge in [0.1, 0.15) is 0 Å². The van der Waals surface area contributed by atoms with Gasteiger partial charge in [0.15, 0.2) is 0 Å². The first kappa shape index (κ1) is 10.3. The zero-order valence-electron chi connectivity index (χ0n) is 9.34. The van der Waals surface area contributed by atoms with Crippen LogP contribution in [-0.2, 0) is 0 Å². The topological polar surface area (TPSA) is 0 Å². The van der Waals surface area contributed by atoms with Crippen molar-refractivity contribution < 1.29 is 0 Å². The molecule has 3 rings (SSSR count). The second-order valence-corrected chi connectivity index (χ2v) is 4.70. The second-order valence-electron chi connectivity index (χ2n) is 3.92. The van der Waals surface area contributed by atoms with Crippen LogP contribution in [0.2, 0.25) is 0 Å². The Morgan fingerprint density at radius 2 is 1.24 bits per heavy atom. The summed E-state index contributed by atoms with van der Waals surface area (Å²) in [6.45, 7) is 0. The van der Waals surface area contributed by atoms with Gasteiger partial charge < -0.3 is 0 Å². The Kier molecular flexibility index (Phi) is 2.76. The highest BCUT2D eigenvalue weighted by Crippen LogP contribution is 2.32. The van der Waals surface area contributed by atoms with Gasteiger partial charge in [0.2, 0.25) is 0 Å². The Hall–Kier alpha value is -1.86. The van der Waals surface area contributed by atoms with Crippen LogP contribution in [0.15, 0.2) is 71.4 Å². The fourth-order valence-corrected chi connectivity index (χ4v) is 2.68. The minimum absolute atomic E-state index is 1.27. The number of rotatable bonds is 2. The quantitative estimate of drug-likeness (QED) is 0.582. The van der Waals surface area contributed by atoms with Gasteiger partial charge in [-0.25, -0.2) is 0 Å². The van der Waals surface area contributed by atoms with Crippen molar-refractivity contribution in [2.45, 2.75) is 0 Å². The SMILES string of the molecule is c1ccc(-c2ccccc2-c2ccsc2)cc1. The van der Waals surface area contributed by atoms with Gasteiger partial charge >= 0.3 is 0 Å². The molecule has 3 aromatic rings. The first-order valence-electron chi connectivity index (χ1n) is 5.62. The second kappa shape index (κ2) is 4.56. The Bertz CT molecular complexity index is 594. The van der Waals surface area contributed by atoms with Crippen molar-refractivity contribution in [3.8, 4) is 22.3 Å². The van der Waals surface area contributed by atoms with Gasteiger partial charge in [-0.3, -0.25) is 0 Å². The maximum absolute atomic E-state index is 2.20. The molecule has 0 aliphatic heterocycles. The smallest absolute Gasteiger partial charge is 0.00145 e. The van der Waals surface area contributed by atoms with Gasteiger partial charge in [-0.2, -0.15) is 11.3 Å². The number of thiophene rings is 1. The lowest BCUT2D eigenvalue weighted by Gasteiger charge is -2.08. The van der Waals surface area contributed by atoms with E-state index in [1.807, 2.05) is 0 Å². The largest absolute Gasteiger partial charge is 0.152 e. The van der Waals surface area contributed by atoms with Crippen LogP contribution in [0.3, 0.4) is 0 Å². The Labute approximate surface area is 105 Å². The third kappa shape index (κ3) is 2.02. The zero-order valence-corrected chi connectivity index (χ0v) is 10.2. The predicted octanol–water partition coefficient (Wildman–Crippen LogP) is 5.08. The van der Waals surface area contributed by atoms with E-state index < -0.39 is 0 Å². The van der Waals surface area contributed by atoms with E-state index in [2.05, 4.69) is 71.4 Å². The third-order valence-electron chi connectivity index (χ3n) is 2.84. The molecule has 1 aromatic heterocycles. The summed E-state index contributed by atoms with van der Waals surface area (Å²) in [5.41, 5.74) is 5.18. The average molecular weight is 236 g/mol. The van der Waals surface area contributed by atoms with E-state index in [9.17, 15) is 0 Å². The van der Waals surface area contributed by atoms with Gasteiger partial charge in [-0.05, 0) is 39.1 Å². The van der Waals surface area contributed by atoms with Crippen molar-refractivity contribution in [3.05, 3.63) is 71.4 Å². The summed E-state index contributed by atoms with van der Waals surface area (Å²) in [7, 11) is 0. The first-order chi connectivity index (χ1) is 8.45. The van der Waals surface area contributed by atoms with Crippen molar-refractivity contribution in [2.75, 3.05) is 0 Å². The van der Waals surface area contributed by atoms with E-state index in [1.54, 1.807) is 11.3 Å². The van der Waals surface area contributed by atoms with Crippen molar-refractivity contribution >= 4 is 11.3 Å². The molecule has 0 radical (unpaired) electrons. The molecule has 0 saturated heterocycles. The van der Waals surface area contributed by atoms with E-state index in [4.69, 9.17) is 0 Å². The van der Waals surface area contributed by atoms with E-state index in [0.29, 0.717) is 0 Å². The summed E-state index contributed by atoms with van der Waals surface area (Å²) >= 11 is 1.74. The summed E-state index contributed by atoms with van der Waals surface area (Å²) in [6.07, 6.45) is 0. The van der Waals surface area contributed by atoms with Gasteiger partial charge in [-0.15, -0.1) is 0 Å². The van der Waals surface area contributed by atoms with E-state index in [-0.39, 0.29) is 0 Å². The summed E-state index contributed by atoms with van der Waals surface area (Å²) in [4.78, 5) is 0. The highest BCUT2D eigenvalue weighted by atomic mass is 32.1. The van der Waals surface area contributed by atoms with Crippen molar-refractivity contribution in [3.63, 3.8) is 0 Å². The normalized spacial score (nSPS) is 10.4. The predicted molar refractivity (Wildman–Crippen MR) is 75.2 cm³/mol. The van der Waals surface area contributed by atoms with Crippen molar-refractivity contribution in [2.24, 2.45) is 0 Å². The average Bonchev–Trinajstić information content (AvgIpc) is 2.94. The molecule has 0 spiro atoms.